The molecule has 0 saturated carbocycles. The highest BCUT2D eigenvalue weighted by molar-refractivity contribution is 7.92. The molecule has 1 aliphatic heterocycles. The fourth-order valence-corrected chi connectivity index (χ4v) is 3.73. The summed E-state index contributed by atoms with van der Waals surface area (Å²) in [5.41, 5.74) is 1.59. The first-order valence-electron chi connectivity index (χ1n) is 8.26. The SMILES string of the molecule is C=CS(=O)(=O)NC1CCN(C(=O)CNc2cc(C)c(Cl)cc2OC)CC1. The van der Waals surface area contributed by atoms with Crippen molar-refractivity contribution in [3.63, 3.8) is 0 Å². The number of piperidine rings is 1. The molecular weight excluding hydrogens is 378 g/mol. The van der Waals surface area contributed by atoms with Gasteiger partial charge in [-0.3, -0.25) is 4.79 Å². The van der Waals surface area contributed by atoms with E-state index in [4.69, 9.17) is 16.3 Å². The number of aryl methyl sites for hydroxylation is 1. The Morgan fingerprint density at radius 3 is 2.65 bits per heavy atom. The van der Waals surface area contributed by atoms with E-state index in [1.807, 2.05) is 13.0 Å². The number of nitrogens with zero attached hydrogens (tertiary/aromatic N) is 1. The summed E-state index contributed by atoms with van der Waals surface area (Å²) in [5.74, 6) is 0.524. The number of hydrogen-bond acceptors (Lipinski definition) is 5. The van der Waals surface area contributed by atoms with E-state index < -0.39 is 10.0 Å². The van der Waals surface area contributed by atoms with Gasteiger partial charge in [0.25, 0.3) is 0 Å². The fraction of sp³-hybridized carbons (Fsp3) is 0.471. The van der Waals surface area contributed by atoms with Crippen molar-refractivity contribution in [2.45, 2.75) is 25.8 Å². The molecule has 1 heterocycles. The standard InChI is InChI=1S/C17H24ClN3O4S/c1-4-26(23,24)20-13-5-7-21(8-6-13)17(22)11-19-15-9-12(2)14(18)10-16(15)25-3/h4,9-10,13,19-20H,1,5-8,11H2,2-3H3. The zero-order valence-electron chi connectivity index (χ0n) is 14.9. The van der Waals surface area contributed by atoms with Crippen LogP contribution in [0.3, 0.4) is 0 Å². The van der Waals surface area contributed by atoms with Crippen LogP contribution in [0.2, 0.25) is 5.02 Å². The minimum atomic E-state index is -3.45. The van der Waals surface area contributed by atoms with E-state index in [0.717, 1.165) is 11.0 Å². The summed E-state index contributed by atoms with van der Waals surface area (Å²) in [7, 11) is -1.90. The third-order valence-corrected chi connectivity index (χ3v) is 5.82. The molecular formula is C17H24ClN3O4S. The second-order valence-corrected chi connectivity index (χ2v) is 8.21. The van der Waals surface area contributed by atoms with Crippen molar-refractivity contribution >= 4 is 33.2 Å². The summed E-state index contributed by atoms with van der Waals surface area (Å²) in [6.45, 7) is 6.29. The number of nitrogens with one attached hydrogen (secondary N) is 2. The smallest absolute Gasteiger partial charge is 0.241 e. The van der Waals surface area contributed by atoms with Gasteiger partial charge in [-0.05, 0) is 31.4 Å². The van der Waals surface area contributed by atoms with Gasteiger partial charge in [0.1, 0.15) is 5.75 Å². The van der Waals surface area contributed by atoms with Crippen LogP contribution in [0.25, 0.3) is 0 Å². The number of rotatable bonds is 7. The Hall–Kier alpha value is -1.77. The van der Waals surface area contributed by atoms with E-state index in [2.05, 4.69) is 16.6 Å². The van der Waals surface area contributed by atoms with Crippen LogP contribution in [0.4, 0.5) is 5.69 Å². The summed E-state index contributed by atoms with van der Waals surface area (Å²) in [6.07, 6.45) is 1.14. The van der Waals surface area contributed by atoms with Crippen molar-refractivity contribution in [3.8, 4) is 5.75 Å². The number of carbonyl (C=O) groups excluding carboxylic acids is 1. The number of halogens is 1. The van der Waals surface area contributed by atoms with Crippen LogP contribution in [0.15, 0.2) is 24.1 Å². The van der Waals surface area contributed by atoms with Gasteiger partial charge in [0.15, 0.2) is 0 Å². The van der Waals surface area contributed by atoms with E-state index in [1.165, 1.54) is 0 Å². The molecule has 0 atom stereocenters. The van der Waals surface area contributed by atoms with Gasteiger partial charge in [0, 0.05) is 35.6 Å². The molecule has 1 aliphatic rings. The second-order valence-electron chi connectivity index (χ2n) is 6.14. The van der Waals surface area contributed by atoms with Crippen LogP contribution in [0.5, 0.6) is 5.75 Å². The molecule has 1 fully saturated rings. The lowest BCUT2D eigenvalue weighted by Crippen LogP contribution is -2.47. The second kappa shape index (κ2) is 8.75. The number of methoxy groups -OCH3 is 1. The average Bonchev–Trinajstić information content (AvgIpc) is 2.62. The summed E-state index contributed by atoms with van der Waals surface area (Å²) in [4.78, 5) is 14.1. The minimum Gasteiger partial charge on any atom is -0.495 e. The first-order chi connectivity index (χ1) is 12.3. The molecule has 1 amide bonds. The lowest BCUT2D eigenvalue weighted by molar-refractivity contribution is -0.130. The number of sulfonamides is 1. The highest BCUT2D eigenvalue weighted by Crippen LogP contribution is 2.30. The molecule has 7 nitrogen and oxygen atoms in total. The highest BCUT2D eigenvalue weighted by Gasteiger charge is 2.25. The van der Waals surface area contributed by atoms with Crippen molar-refractivity contribution in [2.24, 2.45) is 0 Å². The van der Waals surface area contributed by atoms with Crippen LogP contribution in [0.1, 0.15) is 18.4 Å². The molecule has 144 valence electrons. The van der Waals surface area contributed by atoms with E-state index in [9.17, 15) is 13.2 Å². The third kappa shape index (κ3) is 5.36. The molecule has 2 N–H and O–H groups in total. The van der Waals surface area contributed by atoms with Gasteiger partial charge in [-0.2, -0.15) is 0 Å². The number of ether oxygens (including phenoxy) is 1. The number of carbonyl (C=O) groups is 1. The number of benzene rings is 1. The normalized spacial score (nSPS) is 15.6. The van der Waals surface area contributed by atoms with Gasteiger partial charge in [0.05, 0.1) is 19.3 Å². The van der Waals surface area contributed by atoms with E-state index in [-0.39, 0.29) is 18.5 Å². The number of anilines is 1. The van der Waals surface area contributed by atoms with E-state index in [0.29, 0.717) is 42.4 Å². The first kappa shape index (κ1) is 20.5. The molecule has 0 bridgehead atoms. The van der Waals surface area contributed by atoms with Crippen molar-refractivity contribution in [2.75, 3.05) is 32.1 Å². The maximum Gasteiger partial charge on any atom is 0.241 e. The van der Waals surface area contributed by atoms with E-state index in [1.54, 1.807) is 18.1 Å². The molecule has 0 spiro atoms. The van der Waals surface area contributed by atoms with Gasteiger partial charge >= 0.3 is 0 Å². The molecule has 0 aromatic heterocycles. The summed E-state index contributed by atoms with van der Waals surface area (Å²) in [6, 6.07) is 3.38. The molecule has 1 saturated heterocycles. The Balaban J connectivity index is 1.88. The first-order valence-corrected chi connectivity index (χ1v) is 10.2. The number of amides is 1. The van der Waals surface area contributed by atoms with Crippen molar-refractivity contribution in [1.29, 1.82) is 0 Å². The molecule has 1 aromatic carbocycles. The molecule has 1 aromatic rings. The number of likely N-dealkylation sites (tertiary alicyclic amines) is 1. The highest BCUT2D eigenvalue weighted by atomic mass is 35.5. The largest absolute Gasteiger partial charge is 0.495 e. The Bertz CT molecular complexity index is 774. The van der Waals surface area contributed by atoms with Gasteiger partial charge in [-0.1, -0.05) is 18.2 Å². The zero-order chi connectivity index (χ0) is 19.3. The predicted octanol–water partition coefficient (Wildman–Crippen LogP) is 2.12. The van der Waals surface area contributed by atoms with Crippen LogP contribution < -0.4 is 14.8 Å². The molecule has 26 heavy (non-hydrogen) atoms. The van der Waals surface area contributed by atoms with Crippen LogP contribution in [0, 0.1) is 6.92 Å². The molecule has 0 unspecified atom stereocenters. The number of hydrogen-bond donors (Lipinski definition) is 2. The van der Waals surface area contributed by atoms with Crippen molar-refractivity contribution in [1.82, 2.24) is 9.62 Å². The molecule has 9 heteroatoms. The quantitative estimate of drug-likeness (QED) is 0.730. The maximum atomic E-state index is 12.4. The van der Waals surface area contributed by atoms with Crippen molar-refractivity contribution < 1.29 is 17.9 Å². The van der Waals surface area contributed by atoms with Gasteiger partial charge < -0.3 is 15.0 Å². The molecule has 0 aliphatic carbocycles. The third-order valence-electron chi connectivity index (χ3n) is 4.31. The van der Waals surface area contributed by atoms with Gasteiger partial charge in [0.2, 0.25) is 15.9 Å². The average molecular weight is 402 g/mol. The lowest BCUT2D eigenvalue weighted by Gasteiger charge is -2.32. The van der Waals surface area contributed by atoms with Gasteiger partial charge in [-0.25, -0.2) is 13.1 Å². The summed E-state index contributed by atoms with van der Waals surface area (Å²) >= 11 is 6.08. The summed E-state index contributed by atoms with van der Waals surface area (Å²) < 4.78 is 30.9. The monoisotopic (exact) mass is 401 g/mol. The van der Waals surface area contributed by atoms with Crippen LogP contribution >= 0.6 is 11.6 Å². The Kier molecular flexibility index (Phi) is 6.91. The fourth-order valence-electron chi connectivity index (χ4n) is 2.78. The molecule has 0 radical (unpaired) electrons. The minimum absolute atomic E-state index is 0.0512. The maximum absolute atomic E-state index is 12.4. The zero-order valence-corrected chi connectivity index (χ0v) is 16.5. The molecule has 2 rings (SSSR count). The Morgan fingerprint density at radius 1 is 1.42 bits per heavy atom. The van der Waals surface area contributed by atoms with Crippen molar-refractivity contribution in [3.05, 3.63) is 34.7 Å². The lowest BCUT2D eigenvalue weighted by atomic mass is 10.1. The topological polar surface area (TPSA) is 87.7 Å². The predicted molar refractivity (Wildman–Crippen MR) is 103 cm³/mol. The Labute approximate surface area is 159 Å². The van der Waals surface area contributed by atoms with Gasteiger partial charge in [-0.15, -0.1) is 0 Å². The van der Waals surface area contributed by atoms with Crippen LogP contribution in [-0.2, 0) is 14.8 Å². The Morgan fingerprint density at radius 2 is 2.08 bits per heavy atom. The van der Waals surface area contributed by atoms with Crippen LogP contribution in [-0.4, -0.2) is 52.0 Å². The van der Waals surface area contributed by atoms with E-state index >= 15 is 0 Å². The summed E-state index contributed by atoms with van der Waals surface area (Å²) in [5, 5.41) is 4.59.